The SMILES string of the molecule is CC(C)(CCNC(=O)CCC(=O)N1Cc2ccccc2C#Cc2ccccc21)OCC(C)(C)C(=O)NC(COCCC(=O)NCCOCCOCCO)(COCCC(=O)NCCOCCOCCO)COCCC(=O)NCCOCCOCCO. The highest BCUT2D eigenvalue weighted by Gasteiger charge is 2.40. The third-order valence-electron chi connectivity index (χ3n) is 12.7. The van der Waals surface area contributed by atoms with Gasteiger partial charge in [-0.15, -0.1) is 0 Å². The van der Waals surface area contributed by atoms with Crippen LogP contribution in [-0.4, -0.2) is 233 Å². The zero-order valence-corrected chi connectivity index (χ0v) is 50.3. The number of anilines is 1. The fraction of sp³-hybridized carbons (Fsp3) is 0.667. The lowest BCUT2D eigenvalue weighted by molar-refractivity contribution is -0.144. The Hall–Kier alpha value is -5.70. The molecule has 0 saturated carbocycles. The molecule has 25 nitrogen and oxygen atoms in total. The molecule has 6 amide bonds. The van der Waals surface area contributed by atoms with Crippen molar-refractivity contribution in [3.63, 3.8) is 0 Å². The number of hydrogen-bond acceptors (Lipinski definition) is 19. The van der Waals surface area contributed by atoms with E-state index in [-0.39, 0.29) is 194 Å². The number of hydrogen-bond donors (Lipinski definition) is 8. The third kappa shape index (κ3) is 33.1. The zero-order valence-electron chi connectivity index (χ0n) is 50.3. The molecule has 0 unspecified atom stereocenters. The van der Waals surface area contributed by atoms with Gasteiger partial charge in [0.2, 0.25) is 35.4 Å². The van der Waals surface area contributed by atoms with Crippen LogP contribution in [0.3, 0.4) is 0 Å². The van der Waals surface area contributed by atoms with E-state index in [9.17, 15) is 28.8 Å². The van der Waals surface area contributed by atoms with Crippen LogP contribution in [0.15, 0.2) is 48.5 Å². The predicted molar refractivity (Wildman–Crippen MR) is 313 cm³/mol. The maximum Gasteiger partial charge on any atom is 0.228 e. The van der Waals surface area contributed by atoms with E-state index in [0.717, 1.165) is 16.7 Å². The van der Waals surface area contributed by atoms with Crippen molar-refractivity contribution in [2.45, 2.75) is 83.9 Å². The molecule has 0 radical (unpaired) electrons. The average Bonchev–Trinajstić information content (AvgIpc) is 3.67. The van der Waals surface area contributed by atoms with Crippen LogP contribution in [0.5, 0.6) is 0 Å². The van der Waals surface area contributed by atoms with Crippen molar-refractivity contribution in [2.75, 3.05) is 176 Å². The third-order valence-corrected chi connectivity index (χ3v) is 12.7. The summed E-state index contributed by atoms with van der Waals surface area (Å²) >= 11 is 0. The number of fused-ring (bicyclic) bond motifs is 2. The molecule has 3 rings (SSSR count). The maximum atomic E-state index is 14.5. The minimum atomic E-state index is -1.43. The molecule has 25 heteroatoms. The smallest absolute Gasteiger partial charge is 0.228 e. The summed E-state index contributed by atoms with van der Waals surface area (Å²) in [6, 6.07) is 15.1. The zero-order chi connectivity index (χ0) is 61.9. The van der Waals surface area contributed by atoms with Crippen LogP contribution >= 0.6 is 0 Å². The van der Waals surface area contributed by atoms with Crippen LogP contribution in [0.2, 0.25) is 0 Å². The molecule has 0 saturated heterocycles. The van der Waals surface area contributed by atoms with Gasteiger partial charge in [0, 0.05) is 69.4 Å². The van der Waals surface area contributed by atoms with Crippen molar-refractivity contribution in [2.24, 2.45) is 5.41 Å². The van der Waals surface area contributed by atoms with Gasteiger partial charge in [-0.05, 0) is 57.9 Å². The quantitative estimate of drug-likeness (QED) is 0.0331. The molecule has 1 aliphatic heterocycles. The minimum absolute atomic E-state index is 0.0238. The highest BCUT2D eigenvalue weighted by Crippen LogP contribution is 2.27. The first kappa shape index (κ1) is 73.6. The lowest BCUT2D eigenvalue weighted by atomic mass is 9.90. The Morgan fingerprint density at radius 1 is 0.471 bits per heavy atom. The first-order chi connectivity index (χ1) is 41.0. The number of amides is 6. The normalized spacial score (nSPS) is 12.2. The second-order valence-electron chi connectivity index (χ2n) is 21.0. The number of para-hydroxylation sites is 1. The number of rotatable bonds is 50. The van der Waals surface area contributed by atoms with Crippen LogP contribution in [0.1, 0.15) is 82.9 Å². The lowest BCUT2D eigenvalue weighted by Crippen LogP contribution is -2.61. The molecule has 2 aromatic carbocycles. The molecule has 85 heavy (non-hydrogen) atoms. The van der Waals surface area contributed by atoms with Gasteiger partial charge < -0.3 is 94.2 Å². The van der Waals surface area contributed by atoms with E-state index in [1.54, 1.807) is 18.7 Å². The van der Waals surface area contributed by atoms with Gasteiger partial charge in [-0.1, -0.05) is 42.2 Å². The first-order valence-corrected chi connectivity index (χ1v) is 29.1. The summed E-state index contributed by atoms with van der Waals surface area (Å²) in [6.45, 7) is 10.2. The summed E-state index contributed by atoms with van der Waals surface area (Å²) in [7, 11) is 0. The number of aliphatic hydroxyl groups excluding tert-OH is 3. The van der Waals surface area contributed by atoms with Crippen molar-refractivity contribution < 1.29 is 91.5 Å². The topological polar surface area (TPSA) is 319 Å². The van der Waals surface area contributed by atoms with Gasteiger partial charge >= 0.3 is 0 Å². The Balaban J connectivity index is 1.65. The fourth-order valence-electron chi connectivity index (χ4n) is 7.82. The minimum Gasteiger partial charge on any atom is -0.394 e. The van der Waals surface area contributed by atoms with Crippen LogP contribution in [0.25, 0.3) is 0 Å². The van der Waals surface area contributed by atoms with Crippen molar-refractivity contribution in [1.82, 2.24) is 26.6 Å². The number of carbonyl (C=O) groups excluding carboxylic acids is 6. The molecule has 0 aliphatic carbocycles. The average molecular weight is 1200 g/mol. The predicted octanol–water partition coefficient (Wildman–Crippen LogP) is 0.541. The van der Waals surface area contributed by atoms with Gasteiger partial charge in [-0.2, -0.15) is 0 Å². The Morgan fingerprint density at radius 2 is 0.882 bits per heavy atom. The van der Waals surface area contributed by atoms with E-state index in [4.69, 9.17) is 62.7 Å². The highest BCUT2D eigenvalue weighted by molar-refractivity contribution is 5.97. The lowest BCUT2D eigenvalue weighted by Gasteiger charge is -2.38. The monoisotopic (exact) mass is 1200 g/mol. The largest absolute Gasteiger partial charge is 0.394 e. The van der Waals surface area contributed by atoms with Gasteiger partial charge in [0.25, 0.3) is 0 Å². The number of aliphatic hydroxyl groups is 3. The summed E-state index contributed by atoms with van der Waals surface area (Å²) < 4.78 is 56.5. The summed E-state index contributed by atoms with van der Waals surface area (Å²) in [5.74, 6) is 4.46. The number of nitrogens with one attached hydrogen (secondary N) is 5. The Labute approximate surface area is 500 Å². The van der Waals surface area contributed by atoms with Crippen LogP contribution in [0.4, 0.5) is 5.69 Å². The summed E-state index contributed by atoms with van der Waals surface area (Å²) in [4.78, 5) is 81.5. The molecular weight excluding hydrogens is 1110 g/mol. The summed E-state index contributed by atoms with van der Waals surface area (Å²) in [6.07, 6.45) is 0.167. The molecule has 0 fully saturated rings. The molecular formula is C60H94N6O19. The number of benzene rings is 2. The standard InChI is InChI=1S/C60H94N6O19/c1-58(2,44-85-59(3,4)20-21-61-52(70)15-16-56(74)66-43-50-11-6-5-9-48(50)13-14-49-10-7-8-12-51(49)66)57(75)65-60(45-82-28-17-53(71)62-22-31-76-37-40-79-34-25-67,46-83-29-18-54(72)63-23-32-77-38-41-80-35-26-68)47-84-30-19-55(73)64-24-33-78-39-42-81-36-27-69/h5-12,67-69H,15-47H2,1-4H3,(H,61,70)(H,62,71)(H,63,72)(H,64,73)(H,65,75). The molecule has 478 valence electrons. The van der Waals surface area contributed by atoms with Crippen molar-refractivity contribution in [1.29, 1.82) is 0 Å². The Bertz CT molecular complexity index is 2220. The molecule has 0 bridgehead atoms. The number of ether oxygens (including phenoxy) is 10. The second-order valence-corrected chi connectivity index (χ2v) is 21.0. The van der Waals surface area contributed by atoms with Gasteiger partial charge in [0.1, 0.15) is 5.54 Å². The molecule has 2 aromatic rings. The van der Waals surface area contributed by atoms with Gasteiger partial charge in [-0.3, -0.25) is 28.8 Å². The van der Waals surface area contributed by atoms with Gasteiger partial charge in [0.05, 0.1) is 169 Å². The fourth-order valence-corrected chi connectivity index (χ4v) is 7.82. The molecule has 1 heterocycles. The van der Waals surface area contributed by atoms with Gasteiger partial charge in [0.15, 0.2) is 0 Å². The van der Waals surface area contributed by atoms with Gasteiger partial charge in [-0.25, -0.2) is 0 Å². The van der Waals surface area contributed by atoms with Crippen LogP contribution in [0, 0.1) is 17.3 Å². The second kappa shape index (κ2) is 43.8. The first-order valence-electron chi connectivity index (χ1n) is 29.1. The number of nitrogens with zero attached hydrogens (tertiary/aromatic N) is 1. The maximum absolute atomic E-state index is 14.5. The van der Waals surface area contributed by atoms with E-state index < -0.39 is 22.5 Å². The van der Waals surface area contributed by atoms with Crippen molar-refractivity contribution >= 4 is 41.1 Å². The van der Waals surface area contributed by atoms with Crippen LogP contribution < -0.4 is 31.5 Å². The Morgan fingerprint density at radius 3 is 1.36 bits per heavy atom. The Kier molecular flexibility index (Phi) is 37.9. The van der Waals surface area contributed by atoms with E-state index in [1.165, 1.54) is 0 Å². The van der Waals surface area contributed by atoms with E-state index in [0.29, 0.717) is 58.3 Å². The summed E-state index contributed by atoms with van der Waals surface area (Å²) in [5, 5.41) is 40.8. The van der Waals surface area contributed by atoms with Crippen molar-refractivity contribution in [3.05, 3.63) is 65.2 Å². The summed E-state index contributed by atoms with van der Waals surface area (Å²) in [5.41, 5.74) is -0.312. The van der Waals surface area contributed by atoms with E-state index in [2.05, 4.69) is 38.4 Å². The number of carbonyl (C=O) groups is 6. The van der Waals surface area contributed by atoms with Crippen molar-refractivity contribution in [3.8, 4) is 11.8 Å². The van der Waals surface area contributed by atoms with E-state index >= 15 is 0 Å². The molecule has 0 spiro atoms. The van der Waals surface area contributed by atoms with E-state index in [1.807, 2.05) is 62.4 Å². The molecule has 8 N–H and O–H groups in total. The highest BCUT2D eigenvalue weighted by atomic mass is 16.5. The van der Waals surface area contributed by atoms with Crippen LogP contribution in [-0.2, 0) is 82.7 Å². The molecule has 0 aromatic heterocycles. The molecule has 0 atom stereocenters. The molecule has 1 aliphatic rings.